The van der Waals surface area contributed by atoms with Gasteiger partial charge in [0.05, 0.1) is 68.8 Å². The van der Waals surface area contributed by atoms with Crippen molar-refractivity contribution in [3.05, 3.63) is 112 Å². The van der Waals surface area contributed by atoms with E-state index in [1.54, 1.807) is 0 Å². The Labute approximate surface area is 361 Å². The van der Waals surface area contributed by atoms with Gasteiger partial charge in [-0.25, -0.2) is 9.03 Å². The van der Waals surface area contributed by atoms with E-state index in [2.05, 4.69) is 47.2 Å². The number of pyridine rings is 2. The van der Waals surface area contributed by atoms with Gasteiger partial charge in [-0.15, -0.1) is 0 Å². The van der Waals surface area contributed by atoms with Crippen molar-refractivity contribution in [3.8, 4) is 11.5 Å². The summed E-state index contributed by atoms with van der Waals surface area (Å²) in [7, 11) is 0. The first-order chi connectivity index (χ1) is 28.9. The Morgan fingerprint density at radius 2 is 1.31 bits per heavy atom. The number of piperazine rings is 2. The van der Waals surface area contributed by atoms with Gasteiger partial charge < -0.3 is 30.3 Å². The van der Waals surface area contributed by atoms with Gasteiger partial charge in [0.1, 0.15) is 11.5 Å². The highest BCUT2D eigenvalue weighted by Crippen LogP contribution is 2.33. The van der Waals surface area contributed by atoms with Crippen LogP contribution in [0.15, 0.2) is 85.5 Å². The molecule has 4 aromatic heterocycles. The number of benzene rings is 2. The van der Waals surface area contributed by atoms with Crippen LogP contribution in [-0.4, -0.2) is 108 Å². The monoisotopic (exact) mass is 858 g/mol. The highest BCUT2D eigenvalue weighted by Gasteiger charge is 2.21. The summed E-state index contributed by atoms with van der Waals surface area (Å²) in [4.78, 5) is 9.75. The minimum atomic E-state index is 0.386. The maximum atomic E-state index is 6.48. The van der Waals surface area contributed by atoms with E-state index in [1.807, 2.05) is 82.3 Å². The summed E-state index contributed by atoms with van der Waals surface area (Å²) in [5.74, 6) is 1.66. The lowest BCUT2D eigenvalue weighted by molar-refractivity contribution is 0.238. The first-order valence-corrected chi connectivity index (χ1v) is 21.9. The molecule has 0 amide bonds. The number of unbranched alkanes of at least 4 members (excludes halogenated alkanes) is 2. The van der Waals surface area contributed by atoms with Gasteiger partial charge in [0.15, 0.2) is 0 Å². The minimum Gasteiger partial charge on any atom is -0.493 e. The lowest BCUT2D eigenvalue weighted by atomic mass is 10.1. The van der Waals surface area contributed by atoms with Crippen LogP contribution in [0.3, 0.4) is 0 Å². The highest BCUT2D eigenvalue weighted by atomic mass is 35.5. The Hall–Kier alpha value is -4.43. The number of nitrogens with one attached hydrogen (secondary N) is 1. The number of rotatable bonds is 18. The van der Waals surface area contributed by atoms with Crippen LogP contribution < -0.4 is 30.3 Å². The normalized spacial score (nSPS) is 15.4. The van der Waals surface area contributed by atoms with Crippen molar-refractivity contribution in [1.29, 1.82) is 0 Å². The van der Waals surface area contributed by atoms with Crippen LogP contribution in [0.5, 0.6) is 11.5 Å². The lowest BCUT2D eigenvalue weighted by Crippen LogP contribution is -2.46. The fourth-order valence-corrected chi connectivity index (χ4v) is 8.81. The second kappa shape index (κ2) is 19.8. The zero-order valence-electron chi connectivity index (χ0n) is 33.4. The van der Waals surface area contributed by atoms with Crippen molar-refractivity contribution in [2.45, 2.75) is 38.8 Å². The molecule has 2 aliphatic rings. The molecule has 59 heavy (non-hydrogen) atoms. The number of halogens is 3. The van der Waals surface area contributed by atoms with E-state index >= 15 is 0 Å². The molecular weight excluding hydrogens is 807 g/mol. The summed E-state index contributed by atoms with van der Waals surface area (Å²) < 4.78 is 16.5. The number of nitrogens with zero attached hydrogens (tertiary/aromatic N) is 8. The molecule has 6 heterocycles. The summed E-state index contributed by atoms with van der Waals surface area (Å²) in [5, 5.41) is 14.9. The highest BCUT2D eigenvalue weighted by molar-refractivity contribution is 6.43. The molecule has 6 aromatic rings. The third kappa shape index (κ3) is 9.96. The Kier molecular flexibility index (Phi) is 13.8. The molecule has 0 radical (unpaired) electrons. The van der Waals surface area contributed by atoms with E-state index in [9.17, 15) is 0 Å². The minimum absolute atomic E-state index is 0.386. The predicted octanol–water partition coefficient (Wildman–Crippen LogP) is 7.98. The van der Waals surface area contributed by atoms with Crippen LogP contribution in [0.25, 0.3) is 11.0 Å². The quantitative estimate of drug-likeness (QED) is 0.0828. The molecule has 0 spiro atoms. The van der Waals surface area contributed by atoms with Crippen LogP contribution >= 0.6 is 34.8 Å². The van der Waals surface area contributed by atoms with Gasteiger partial charge in [0, 0.05) is 95.0 Å². The Morgan fingerprint density at radius 3 is 2.03 bits per heavy atom. The molecule has 8 rings (SSSR count). The molecule has 12 nitrogen and oxygen atoms in total. The van der Waals surface area contributed by atoms with Crippen molar-refractivity contribution in [1.82, 2.24) is 29.0 Å². The van der Waals surface area contributed by atoms with Crippen LogP contribution in [-0.2, 0) is 13.1 Å². The number of fused-ring (bicyclic) bond motifs is 2. The number of anilines is 3. The fraction of sp³-hybridized carbons (Fsp3) is 0.409. The zero-order valence-corrected chi connectivity index (χ0v) is 35.7. The summed E-state index contributed by atoms with van der Waals surface area (Å²) >= 11 is 19.2. The molecule has 2 aromatic carbocycles. The molecular formula is C44H53Cl3N10O2. The van der Waals surface area contributed by atoms with Crippen LogP contribution in [0.2, 0.25) is 15.1 Å². The van der Waals surface area contributed by atoms with E-state index in [-0.39, 0.29) is 0 Å². The number of para-hydroxylation sites is 1. The summed E-state index contributed by atoms with van der Waals surface area (Å²) in [6.07, 6.45) is 11.6. The van der Waals surface area contributed by atoms with E-state index in [4.69, 9.17) is 50.0 Å². The van der Waals surface area contributed by atoms with Gasteiger partial charge >= 0.3 is 0 Å². The van der Waals surface area contributed by atoms with Crippen LogP contribution in [0, 0.1) is 0 Å². The topological polar surface area (TPSA) is 104 Å². The molecule has 2 saturated heterocycles. The standard InChI is InChI=1S/C44H53Cl3N10O2/c45-36-8-1-2-10-39(36)54-22-18-52(19-23-54)15-4-6-27-59-42-13-17-57-44(33(29-48)30-50-57)35(42)31-49-38-32-51-56-16-12-34(28-41(38)56)58-26-5-3-14-53-20-24-55(25-21-53)40-11-7-9-37(46)43(40)47/h1-2,7-13,16-17,28,30,32,49H,3-6,14-15,18-27,29,31,48H2. The number of hydrogen-bond acceptors (Lipinski definition) is 10. The van der Waals surface area contributed by atoms with E-state index < -0.39 is 0 Å². The maximum absolute atomic E-state index is 6.48. The van der Waals surface area contributed by atoms with Gasteiger partial charge in [-0.1, -0.05) is 53.0 Å². The molecule has 2 fully saturated rings. The molecule has 0 bridgehead atoms. The van der Waals surface area contributed by atoms with E-state index in [0.29, 0.717) is 36.3 Å². The molecule has 0 saturated carbocycles. The first kappa shape index (κ1) is 41.3. The van der Waals surface area contributed by atoms with Gasteiger partial charge in [0.2, 0.25) is 0 Å². The Balaban J connectivity index is 0.808. The fourth-order valence-electron chi connectivity index (χ4n) is 8.14. The van der Waals surface area contributed by atoms with Crippen molar-refractivity contribution < 1.29 is 9.47 Å². The van der Waals surface area contributed by atoms with Crippen molar-refractivity contribution >= 4 is 62.9 Å². The van der Waals surface area contributed by atoms with Gasteiger partial charge in [-0.2, -0.15) is 10.2 Å². The van der Waals surface area contributed by atoms with Gasteiger partial charge in [-0.3, -0.25) is 9.80 Å². The first-order valence-electron chi connectivity index (χ1n) is 20.7. The Morgan fingerprint density at radius 1 is 0.661 bits per heavy atom. The van der Waals surface area contributed by atoms with Crippen LogP contribution in [0.4, 0.5) is 17.1 Å². The van der Waals surface area contributed by atoms with Crippen molar-refractivity contribution in [3.63, 3.8) is 0 Å². The third-order valence-corrected chi connectivity index (χ3v) is 12.6. The maximum Gasteiger partial charge on any atom is 0.127 e. The van der Waals surface area contributed by atoms with E-state index in [1.165, 1.54) is 0 Å². The largest absolute Gasteiger partial charge is 0.493 e. The Bertz CT molecular complexity index is 2300. The van der Waals surface area contributed by atoms with Crippen molar-refractivity contribution in [2.75, 3.05) is 93.8 Å². The number of hydrogen-bond donors (Lipinski definition) is 2. The van der Waals surface area contributed by atoms with Gasteiger partial charge in [0.25, 0.3) is 0 Å². The molecule has 0 aliphatic carbocycles. The summed E-state index contributed by atoms with van der Waals surface area (Å²) in [6, 6.07) is 20.0. The molecule has 312 valence electrons. The summed E-state index contributed by atoms with van der Waals surface area (Å²) in [5.41, 5.74) is 13.1. The van der Waals surface area contributed by atoms with Gasteiger partial charge in [-0.05, 0) is 75.2 Å². The average molecular weight is 860 g/mol. The number of nitrogens with two attached hydrogens (primary N) is 1. The third-order valence-electron chi connectivity index (χ3n) is 11.5. The van der Waals surface area contributed by atoms with Crippen LogP contribution in [0.1, 0.15) is 36.8 Å². The molecule has 3 N–H and O–H groups in total. The predicted molar refractivity (Wildman–Crippen MR) is 240 cm³/mol. The molecule has 2 aliphatic heterocycles. The smallest absolute Gasteiger partial charge is 0.127 e. The average Bonchev–Trinajstić information content (AvgIpc) is 3.88. The lowest BCUT2D eigenvalue weighted by Gasteiger charge is -2.36. The molecule has 15 heteroatoms. The molecule has 0 unspecified atom stereocenters. The number of aromatic nitrogens is 4. The van der Waals surface area contributed by atoms with Crippen molar-refractivity contribution in [2.24, 2.45) is 5.73 Å². The second-order valence-electron chi connectivity index (χ2n) is 15.2. The van der Waals surface area contributed by atoms with E-state index in [0.717, 1.165) is 147 Å². The summed E-state index contributed by atoms with van der Waals surface area (Å²) in [6.45, 7) is 12.2. The SMILES string of the molecule is NCc1cnn2ccc(OCCCCN3CCN(c4ccccc4Cl)CC3)c(CNc3cnn4ccc(OCCCCN5CCN(c6cccc(Cl)c6Cl)CC5)cc34)c12. The zero-order chi connectivity index (χ0) is 40.6. The molecule has 0 atom stereocenters. The second-order valence-corrected chi connectivity index (χ2v) is 16.4. The number of ether oxygens (including phenoxy) is 2.